The van der Waals surface area contributed by atoms with Crippen LogP contribution in [0.4, 0.5) is 5.82 Å². The largest absolute Gasteiger partial charge is 0.306 e. The third-order valence-electron chi connectivity index (χ3n) is 4.70. The Labute approximate surface area is 168 Å². The summed E-state index contributed by atoms with van der Waals surface area (Å²) >= 11 is 0. The molecule has 0 spiro atoms. The molecule has 29 heavy (non-hydrogen) atoms. The molecule has 0 bridgehead atoms. The normalized spacial score (nSPS) is 15.2. The Kier molecular flexibility index (Phi) is 5.36. The molecule has 0 atom stereocenters. The highest BCUT2D eigenvalue weighted by atomic mass is 32.2. The van der Waals surface area contributed by atoms with E-state index in [2.05, 4.69) is 20.4 Å². The molecular weight excluding hydrogens is 392 g/mol. The van der Waals surface area contributed by atoms with Crippen LogP contribution in [0, 0.1) is 0 Å². The molecule has 9 nitrogen and oxygen atoms in total. The first kappa shape index (κ1) is 19.2. The zero-order valence-corrected chi connectivity index (χ0v) is 16.4. The second-order valence-corrected chi connectivity index (χ2v) is 8.59. The van der Waals surface area contributed by atoms with Gasteiger partial charge in [0.15, 0.2) is 5.82 Å². The number of aromatic nitrogens is 4. The average Bonchev–Trinajstić information content (AvgIpc) is 3.30. The first-order valence-corrected chi connectivity index (χ1v) is 10.7. The number of rotatable bonds is 5. The molecule has 0 radical (unpaired) electrons. The van der Waals surface area contributed by atoms with Crippen LogP contribution in [-0.2, 0) is 10.0 Å². The molecule has 1 fully saturated rings. The Bertz CT molecular complexity index is 1090. The van der Waals surface area contributed by atoms with Gasteiger partial charge in [0.25, 0.3) is 5.91 Å². The van der Waals surface area contributed by atoms with Crippen molar-refractivity contribution in [3.8, 4) is 5.82 Å². The summed E-state index contributed by atoms with van der Waals surface area (Å²) in [7, 11) is -3.52. The van der Waals surface area contributed by atoms with E-state index < -0.39 is 15.9 Å². The van der Waals surface area contributed by atoms with Crippen LogP contribution in [-0.4, -0.2) is 51.5 Å². The van der Waals surface area contributed by atoms with Crippen LogP contribution in [0.25, 0.3) is 5.82 Å². The fourth-order valence-corrected chi connectivity index (χ4v) is 4.68. The molecular formula is C19H20N6O3S. The first-order chi connectivity index (χ1) is 14.0. The number of carbonyl (C=O) groups is 1. The Morgan fingerprint density at radius 1 is 1.03 bits per heavy atom. The van der Waals surface area contributed by atoms with Gasteiger partial charge in [-0.15, -0.1) is 0 Å². The summed E-state index contributed by atoms with van der Waals surface area (Å²) in [5.74, 6) is 0.445. The number of nitrogens with zero attached hydrogens (tertiary/aromatic N) is 5. The summed E-state index contributed by atoms with van der Waals surface area (Å²) in [4.78, 5) is 20.9. The molecule has 10 heteroatoms. The first-order valence-electron chi connectivity index (χ1n) is 9.28. The number of sulfonamides is 1. The van der Waals surface area contributed by atoms with Crippen molar-refractivity contribution in [3.63, 3.8) is 0 Å². The minimum Gasteiger partial charge on any atom is -0.306 e. The highest BCUT2D eigenvalue weighted by molar-refractivity contribution is 7.89. The quantitative estimate of drug-likeness (QED) is 0.687. The van der Waals surface area contributed by atoms with Gasteiger partial charge in [-0.1, -0.05) is 6.42 Å². The lowest BCUT2D eigenvalue weighted by atomic mass is 10.2. The Morgan fingerprint density at radius 2 is 1.79 bits per heavy atom. The molecule has 0 saturated carbocycles. The Balaban J connectivity index is 1.48. The van der Waals surface area contributed by atoms with Gasteiger partial charge in [-0.2, -0.15) is 9.40 Å². The summed E-state index contributed by atoms with van der Waals surface area (Å²) in [6.07, 6.45) is 7.49. The summed E-state index contributed by atoms with van der Waals surface area (Å²) in [6, 6.07) is 9.30. The van der Waals surface area contributed by atoms with Crippen LogP contribution in [0.15, 0.2) is 60.0 Å². The lowest BCUT2D eigenvalue weighted by Crippen LogP contribution is -2.35. The van der Waals surface area contributed by atoms with Gasteiger partial charge in [0.2, 0.25) is 10.0 Å². The highest BCUT2D eigenvalue weighted by Gasteiger charge is 2.25. The molecule has 1 amide bonds. The van der Waals surface area contributed by atoms with E-state index in [0.29, 0.717) is 30.3 Å². The molecule has 1 aliphatic heterocycles. The van der Waals surface area contributed by atoms with Crippen molar-refractivity contribution in [2.24, 2.45) is 0 Å². The number of hydrogen-bond acceptors (Lipinski definition) is 6. The van der Waals surface area contributed by atoms with Crippen LogP contribution < -0.4 is 5.32 Å². The van der Waals surface area contributed by atoms with E-state index in [1.54, 1.807) is 29.2 Å². The van der Waals surface area contributed by atoms with Crippen molar-refractivity contribution >= 4 is 21.7 Å². The van der Waals surface area contributed by atoms with Crippen LogP contribution in [0.2, 0.25) is 0 Å². The van der Waals surface area contributed by atoms with Gasteiger partial charge in [0.05, 0.1) is 4.90 Å². The van der Waals surface area contributed by atoms with Gasteiger partial charge in [-0.25, -0.2) is 23.1 Å². The standard InChI is InChI=1S/C19H20N6O3S/c26-19(23-17-13-18(21-14-20-17)25-12-4-9-22-25)15-5-7-16(8-6-15)29(27,28)24-10-2-1-3-11-24/h4-9,12-14H,1-3,10-11H2,(H,20,21,23,26). The lowest BCUT2D eigenvalue weighted by Gasteiger charge is -2.25. The van der Waals surface area contributed by atoms with Crippen LogP contribution in [0.3, 0.4) is 0 Å². The van der Waals surface area contributed by atoms with Gasteiger partial charge in [-0.05, 0) is 43.2 Å². The van der Waals surface area contributed by atoms with Gasteiger partial charge in [0, 0.05) is 37.1 Å². The maximum Gasteiger partial charge on any atom is 0.256 e. The second-order valence-electron chi connectivity index (χ2n) is 6.66. The number of amides is 1. The second kappa shape index (κ2) is 8.10. The Hall–Kier alpha value is -3.11. The minimum atomic E-state index is -3.52. The maximum absolute atomic E-state index is 12.7. The zero-order valence-electron chi connectivity index (χ0n) is 15.6. The van der Waals surface area contributed by atoms with E-state index in [9.17, 15) is 13.2 Å². The monoisotopic (exact) mass is 412 g/mol. The van der Waals surface area contributed by atoms with E-state index in [-0.39, 0.29) is 4.90 Å². The third-order valence-corrected chi connectivity index (χ3v) is 6.62. The smallest absolute Gasteiger partial charge is 0.256 e. The predicted octanol–water partition coefficient (Wildman–Crippen LogP) is 2.09. The van der Waals surface area contributed by atoms with Crippen LogP contribution in [0.1, 0.15) is 29.6 Å². The van der Waals surface area contributed by atoms with Gasteiger partial charge >= 0.3 is 0 Å². The molecule has 3 aromatic rings. The molecule has 4 rings (SSSR count). The zero-order chi connectivity index (χ0) is 20.3. The van der Waals surface area contributed by atoms with Crippen molar-refractivity contribution < 1.29 is 13.2 Å². The molecule has 1 aliphatic rings. The molecule has 0 unspecified atom stereocenters. The third kappa shape index (κ3) is 4.17. The van der Waals surface area contributed by atoms with Crippen LogP contribution >= 0.6 is 0 Å². The molecule has 2 aromatic heterocycles. The van der Waals surface area contributed by atoms with Gasteiger partial charge in [-0.3, -0.25) is 4.79 Å². The number of carbonyl (C=O) groups excluding carboxylic acids is 1. The van der Waals surface area contributed by atoms with E-state index in [0.717, 1.165) is 19.3 Å². The van der Waals surface area contributed by atoms with Crippen molar-refractivity contribution in [1.82, 2.24) is 24.1 Å². The number of anilines is 1. The number of hydrogen-bond donors (Lipinski definition) is 1. The van der Waals surface area contributed by atoms with Crippen molar-refractivity contribution in [1.29, 1.82) is 0 Å². The topological polar surface area (TPSA) is 110 Å². The average molecular weight is 412 g/mol. The molecule has 0 aliphatic carbocycles. The van der Waals surface area contributed by atoms with E-state index in [1.165, 1.54) is 34.9 Å². The molecule has 150 valence electrons. The molecule has 1 aromatic carbocycles. The summed E-state index contributed by atoms with van der Waals surface area (Å²) in [6.45, 7) is 1.08. The van der Waals surface area contributed by atoms with Crippen molar-refractivity contribution in [3.05, 3.63) is 60.7 Å². The SMILES string of the molecule is O=C(Nc1cc(-n2cccn2)ncn1)c1ccc(S(=O)(=O)N2CCCCC2)cc1. The van der Waals surface area contributed by atoms with Crippen molar-refractivity contribution in [2.45, 2.75) is 24.2 Å². The molecule has 3 heterocycles. The summed E-state index contributed by atoms with van der Waals surface area (Å²) in [5.41, 5.74) is 0.335. The van der Waals surface area contributed by atoms with E-state index in [1.807, 2.05) is 0 Å². The van der Waals surface area contributed by atoms with Crippen molar-refractivity contribution in [2.75, 3.05) is 18.4 Å². The number of benzene rings is 1. The summed E-state index contributed by atoms with van der Waals surface area (Å²) < 4.78 is 28.5. The van der Waals surface area contributed by atoms with Gasteiger partial charge in [0.1, 0.15) is 12.1 Å². The number of piperidine rings is 1. The minimum absolute atomic E-state index is 0.193. The van der Waals surface area contributed by atoms with Gasteiger partial charge < -0.3 is 5.32 Å². The van der Waals surface area contributed by atoms with E-state index >= 15 is 0 Å². The maximum atomic E-state index is 12.7. The number of nitrogens with one attached hydrogen (secondary N) is 1. The van der Waals surface area contributed by atoms with E-state index in [4.69, 9.17) is 0 Å². The fraction of sp³-hybridized carbons (Fsp3) is 0.263. The lowest BCUT2D eigenvalue weighted by molar-refractivity contribution is 0.102. The Morgan fingerprint density at radius 3 is 2.48 bits per heavy atom. The predicted molar refractivity (Wildman–Crippen MR) is 106 cm³/mol. The fourth-order valence-electron chi connectivity index (χ4n) is 3.17. The highest BCUT2D eigenvalue weighted by Crippen LogP contribution is 2.21. The van der Waals surface area contributed by atoms with Crippen LogP contribution in [0.5, 0.6) is 0 Å². The summed E-state index contributed by atoms with van der Waals surface area (Å²) in [5, 5.41) is 6.78. The molecule has 1 saturated heterocycles. The molecule has 1 N–H and O–H groups in total.